The molecular formula is C14H27N. The van der Waals surface area contributed by atoms with Gasteiger partial charge in [-0.1, -0.05) is 32.9 Å². The van der Waals surface area contributed by atoms with Crippen molar-refractivity contribution in [2.45, 2.75) is 65.3 Å². The summed E-state index contributed by atoms with van der Waals surface area (Å²) in [5.74, 6) is 0. The molecule has 1 rings (SSSR count). The lowest BCUT2D eigenvalue weighted by molar-refractivity contribution is 0.319. The number of allylic oxidation sites excluding steroid dienone is 1. The maximum absolute atomic E-state index is 4.15. The van der Waals surface area contributed by atoms with Crippen LogP contribution in [-0.4, -0.2) is 12.6 Å². The second-order valence-electron chi connectivity index (χ2n) is 5.48. The summed E-state index contributed by atoms with van der Waals surface area (Å²) in [5.41, 5.74) is 1.95. The van der Waals surface area contributed by atoms with Crippen molar-refractivity contribution in [3.05, 3.63) is 12.2 Å². The second kappa shape index (κ2) is 5.69. The zero-order chi connectivity index (χ0) is 11.3. The number of hydrogen-bond acceptors (Lipinski definition) is 1. The van der Waals surface area contributed by atoms with Crippen LogP contribution in [0.5, 0.6) is 0 Å². The quantitative estimate of drug-likeness (QED) is 0.654. The molecule has 0 amide bonds. The number of nitrogens with one attached hydrogen (secondary N) is 1. The summed E-state index contributed by atoms with van der Waals surface area (Å²) < 4.78 is 0. The molecule has 0 aromatic rings. The third kappa shape index (κ3) is 3.98. The lowest BCUT2D eigenvalue weighted by atomic mass is 9.81. The van der Waals surface area contributed by atoms with Gasteiger partial charge in [-0.05, 0) is 50.5 Å². The van der Waals surface area contributed by atoms with Crippen LogP contribution in [-0.2, 0) is 0 Å². The monoisotopic (exact) mass is 209 g/mol. The van der Waals surface area contributed by atoms with Crippen LogP contribution in [0.15, 0.2) is 12.2 Å². The number of rotatable bonds is 6. The van der Waals surface area contributed by atoms with Crippen molar-refractivity contribution in [2.75, 3.05) is 6.54 Å². The minimum absolute atomic E-state index is 0.526. The van der Waals surface area contributed by atoms with E-state index in [2.05, 4.69) is 32.7 Å². The first-order valence-corrected chi connectivity index (χ1v) is 6.49. The van der Waals surface area contributed by atoms with E-state index in [-0.39, 0.29) is 0 Å². The molecule has 1 heteroatoms. The zero-order valence-electron chi connectivity index (χ0n) is 10.7. The lowest BCUT2D eigenvalue weighted by Crippen LogP contribution is -2.28. The van der Waals surface area contributed by atoms with E-state index in [0.29, 0.717) is 5.41 Å². The molecule has 0 aromatic carbocycles. The van der Waals surface area contributed by atoms with Crippen LogP contribution in [0.4, 0.5) is 0 Å². The molecule has 0 radical (unpaired) electrons. The molecule has 0 bridgehead atoms. The smallest absolute Gasteiger partial charge is 0.00725 e. The molecule has 15 heavy (non-hydrogen) atoms. The van der Waals surface area contributed by atoms with Crippen molar-refractivity contribution in [3.8, 4) is 0 Å². The Kier molecular flexibility index (Phi) is 4.85. The van der Waals surface area contributed by atoms with Crippen LogP contribution in [0.3, 0.4) is 0 Å². The van der Waals surface area contributed by atoms with Gasteiger partial charge in [-0.25, -0.2) is 0 Å². The molecule has 1 aliphatic carbocycles. The topological polar surface area (TPSA) is 12.0 Å². The fourth-order valence-electron chi connectivity index (χ4n) is 2.73. The Labute approximate surface area is 95.3 Å². The van der Waals surface area contributed by atoms with E-state index in [1.165, 1.54) is 44.2 Å². The molecule has 1 N–H and O–H groups in total. The van der Waals surface area contributed by atoms with Crippen LogP contribution in [0.2, 0.25) is 0 Å². The first-order valence-electron chi connectivity index (χ1n) is 6.49. The normalized spacial score (nSPS) is 30.7. The van der Waals surface area contributed by atoms with Gasteiger partial charge >= 0.3 is 0 Å². The Balaban J connectivity index is 2.35. The maximum atomic E-state index is 4.15. The van der Waals surface area contributed by atoms with Crippen molar-refractivity contribution in [1.29, 1.82) is 0 Å². The molecule has 88 valence electrons. The fourth-order valence-corrected chi connectivity index (χ4v) is 2.73. The molecular weight excluding hydrogens is 182 g/mol. The van der Waals surface area contributed by atoms with Crippen molar-refractivity contribution >= 4 is 0 Å². The highest BCUT2D eigenvalue weighted by atomic mass is 14.9. The SMILES string of the molecule is C=C(CC)CC1(C)CCC(NCCC)C1. The summed E-state index contributed by atoms with van der Waals surface area (Å²) in [6, 6.07) is 0.764. The molecule has 1 nitrogen and oxygen atoms in total. The highest BCUT2D eigenvalue weighted by molar-refractivity contribution is 5.02. The maximum Gasteiger partial charge on any atom is 0.00725 e. The van der Waals surface area contributed by atoms with E-state index < -0.39 is 0 Å². The van der Waals surface area contributed by atoms with Gasteiger partial charge in [0.2, 0.25) is 0 Å². The van der Waals surface area contributed by atoms with E-state index in [9.17, 15) is 0 Å². The molecule has 0 saturated heterocycles. The van der Waals surface area contributed by atoms with Crippen molar-refractivity contribution in [2.24, 2.45) is 5.41 Å². The largest absolute Gasteiger partial charge is 0.314 e. The molecule has 1 fully saturated rings. The number of hydrogen-bond donors (Lipinski definition) is 1. The van der Waals surface area contributed by atoms with Gasteiger partial charge in [0.05, 0.1) is 0 Å². The van der Waals surface area contributed by atoms with Gasteiger partial charge < -0.3 is 5.32 Å². The molecule has 1 saturated carbocycles. The molecule has 0 heterocycles. The van der Waals surface area contributed by atoms with Gasteiger partial charge in [0.25, 0.3) is 0 Å². The summed E-state index contributed by atoms with van der Waals surface area (Å²) in [4.78, 5) is 0. The van der Waals surface area contributed by atoms with Gasteiger partial charge in [0.15, 0.2) is 0 Å². The first-order chi connectivity index (χ1) is 7.09. The standard InChI is InChI=1S/C14H27N/c1-5-9-15-13-7-8-14(4,11-13)10-12(3)6-2/h13,15H,3,5-11H2,1-2,4H3. The lowest BCUT2D eigenvalue weighted by Gasteiger charge is -2.25. The Hall–Kier alpha value is -0.300. The van der Waals surface area contributed by atoms with Gasteiger partial charge in [0.1, 0.15) is 0 Å². The Morgan fingerprint density at radius 1 is 1.47 bits per heavy atom. The second-order valence-corrected chi connectivity index (χ2v) is 5.48. The summed E-state index contributed by atoms with van der Waals surface area (Å²) >= 11 is 0. The molecule has 0 aromatic heterocycles. The van der Waals surface area contributed by atoms with E-state index in [1.807, 2.05) is 0 Å². The van der Waals surface area contributed by atoms with Crippen LogP contribution >= 0.6 is 0 Å². The zero-order valence-corrected chi connectivity index (χ0v) is 10.7. The Bertz CT molecular complexity index is 209. The van der Waals surface area contributed by atoms with Crippen LogP contribution < -0.4 is 5.32 Å². The summed E-state index contributed by atoms with van der Waals surface area (Å²) in [5, 5.41) is 3.65. The highest BCUT2D eigenvalue weighted by Crippen LogP contribution is 2.42. The summed E-state index contributed by atoms with van der Waals surface area (Å²) in [7, 11) is 0. The third-order valence-corrected chi connectivity index (χ3v) is 3.70. The predicted molar refractivity (Wildman–Crippen MR) is 68.1 cm³/mol. The molecule has 0 spiro atoms. The summed E-state index contributed by atoms with van der Waals surface area (Å²) in [6.07, 6.45) is 7.68. The van der Waals surface area contributed by atoms with Crippen molar-refractivity contribution in [3.63, 3.8) is 0 Å². The predicted octanol–water partition coefficient (Wildman–Crippen LogP) is 3.90. The van der Waals surface area contributed by atoms with Gasteiger partial charge in [-0.2, -0.15) is 0 Å². The molecule has 0 aliphatic heterocycles. The average Bonchev–Trinajstić information content (AvgIpc) is 2.57. The Morgan fingerprint density at radius 2 is 2.20 bits per heavy atom. The van der Waals surface area contributed by atoms with Gasteiger partial charge in [-0.15, -0.1) is 0 Å². The fraction of sp³-hybridized carbons (Fsp3) is 0.857. The molecule has 1 aliphatic rings. The van der Waals surface area contributed by atoms with E-state index >= 15 is 0 Å². The van der Waals surface area contributed by atoms with Gasteiger partial charge in [0, 0.05) is 6.04 Å². The van der Waals surface area contributed by atoms with E-state index in [4.69, 9.17) is 0 Å². The van der Waals surface area contributed by atoms with Gasteiger partial charge in [-0.3, -0.25) is 0 Å². The Morgan fingerprint density at radius 3 is 2.80 bits per heavy atom. The van der Waals surface area contributed by atoms with E-state index in [0.717, 1.165) is 12.5 Å². The first kappa shape index (κ1) is 12.8. The minimum atomic E-state index is 0.526. The van der Waals surface area contributed by atoms with Crippen LogP contribution in [0.25, 0.3) is 0 Å². The van der Waals surface area contributed by atoms with Crippen LogP contribution in [0, 0.1) is 5.41 Å². The van der Waals surface area contributed by atoms with E-state index in [1.54, 1.807) is 0 Å². The van der Waals surface area contributed by atoms with Crippen molar-refractivity contribution < 1.29 is 0 Å². The molecule has 2 atom stereocenters. The summed E-state index contributed by atoms with van der Waals surface area (Å²) in [6.45, 7) is 12.2. The third-order valence-electron chi connectivity index (χ3n) is 3.70. The minimum Gasteiger partial charge on any atom is -0.314 e. The average molecular weight is 209 g/mol. The molecule has 2 unspecified atom stereocenters. The van der Waals surface area contributed by atoms with Crippen LogP contribution in [0.1, 0.15) is 59.3 Å². The highest BCUT2D eigenvalue weighted by Gasteiger charge is 2.34. The van der Waals surface area contributed by atoms with Crippen molar-refractivity contribution in [1.82, 2.24) is 5.32 Å².